The van der Waals surface area contributed by atoms with Crippen molar-refractivity contribution in [2.24, 2.45) is 0 Å². The van der Waals surface area contributed by atoms with Crippen LogP contribution in [-0.4, -0.2) is 25.4 Å². The van der Waals surface area contributed by atoms with Crippen molar-refractivity contribution >= 4 is 17.5 Å². The van der Waals surface area contributed by atoms with Crippen LogP contribution in [0.25, 0.3) is 11.3 Å². The molecule has 1 amide bonds. The molecule has 28 heavy (non-hydrogen) atoms. The van der Waals surface area contributed by atoms with E-state index in [2.05, 4.69) is 15.3 Å². The summed E-state index contributed by atoms with van der Waals surface area (Å²) in [6.07, 6.45) is 7.26. The van der Waals surface area contributed by atoms with Crippen molar-refractivity contribution in [1.82, 2.24) is 24.8 Å². The van der Waals surface area contributed by atoms with Crippen molar-refractivity contribution in [3.63, 3.8) is 0 Å². The van der Waals surface area contributed by atoms with Gasteiger partial charge in [0.25, 0.3) is 11.5 Å². The summed E-state index contributed by atoms with van der Waals surface area (Å²) < 4.78 is 1.65. The highest BCUT2D eigenvalue weighted by Gasteiger charge is 2.25. The van der Waals surface area contributed by atoms with Crippen molar-refractivity contribution in [2.45, 2.75) is 31.8 Å². The third kappa shape index (κ3) is 3.66. The Morgan fingerprint density at radius 1 is 1.18 bits per heavy atom. The number of hydrogen-bond acceptors (Lipinski definition) is 5. The van der Waals surface area contributed by atoms with Crippen LogP contribution in [0.5, 0.6) is 0 Å². The summed E-state index contributed by atoms with van der Waals surface area (Å²) in [7, 11) is 0. The predicted molar refractivity (Wildman–Crippen MR) is 105 cm³/mol. The normalized spacial score (nSPS) is 16.1. The van der Waals surface area contributed by atoms with Crippen LogP contribution in [-0.2, 0) is 6.54 Å². The van der Waals surface area contributed by atoms with Gasteiger partial charge in [-0.2, -0.15) is 0 Å². The quantitative estimate of drug-likeness (QED) is 0.688. The summed E-state index contributed by atoms with van der Waals surface area (Å²) in [6.45, 7) is 0.581. The molecule has 0 aromatic carbocycles. The second kappa shape index (κ2) is 7.90. The summed E-state index contributed by atoms with van der Waals surface area (Å²) in [5.74, 6) is 0.227. The molecule has 1 N–H and O–H groups in total. The van der Waals surface area contributed by atoms with E-state index >= 15 is 0 Å². The van der Waals surface area contributed by atoms with E-state index in [9.17, 15) is 9.59 Å². The molecule has 0 saturated carbocycles. The fraction of sp³-hybridized carbons (Fsp3) is 0.250. The molecule has 1 aliphatic heterocycles. The molecule has 0 fully saturated rings. The zero-order chi connectivity index (χ0) is 19.5. The maximum absolute atomic E-state index is 12.7. The van der Waals surface area contributed by atoms with E-state index in [1.807, 2.05) is 0 Å². The van der Waals surface area contributed by atoms with Gasteiger partial charge in [0.15, 0.2) is 0 Å². The SMILES string of the molecule is O=C(NC1CCCCn2c1nc(-c1ccncc1)cc2=O)c1cccnc1Cl. The van der Waals surface area contributed by atoms with Gasteiger partial charge >= 0.3 is 0 Å². The van der Waals surface area contributed by atoms with Gasteiger partial charge < -0.3 is 5.32 Å². The number of hydrogen-bond donors (Lipinski definition) is 1. The molecule has 8 heteroatoms. The zero-order valence-corrected chi connectivity index (χ0v) is 15.8. The van der Waals surface area contributed by atoms with Crippen LogP contribution in [0.2, 0.25) is 5.15 Å². The van der Waals surface area contributed by atoms with Gasteiger partial charge in [-0.05, 0) is 43.5 Å². The van der Waals surface area contributed by atoms with Gasteiger partial charge in [0.05, 0.1) is 17.3 Å². The number of nitrogens with one attached hydrogen (secondary N) is 1. The molecule has 0 saturated heterocycles. The number of halogens is 1. The monoisotopic (exact) mass is 395 g/mol. The lowest BCUT2D eigenvalue weighted by molar-refractivity contribution is 0.0932. The van der Waals surface area contributed by atoms with E-state index in [0.29, 0.717) is 30.0 Å². The van der Waals surface area contributed by atoms with Crippen molar-refractivity contribution in [2.75, 3.05) is 0 Å². The largest absolute Gasteiger partial charge is 0.342 e. The average molecular weight is 396 g/mol. The number of carbonyl (C=O) groups excluding carboxylic acids is 1. The molecule has 4 heterocycles. The zero-order valence-electron chi connectivity index (χ0n) is 15.0. The maximum Gasteiger partial charge on any atom is 0.254 e. The molecular weight excluding hydrogens is 378 g/mol. The van der Waals surface area contributed by atoms with E-state index in [4.69, 9.17) is 16.6 Å². The summed E-state index contributed by atoms with van der Waals surface area (Å²) in [6, 6.07) is 8.03. The average Bonchev–Trinajstić information content (AvgIpc) is 2.92. The fourth-order valence-electron chi connectivity index (χ4n) is 3.36. The van der Waals surface area contributed by atoms with Crippen molar-refractivity contribution < 1.29 is 4.79 Å². The molecule has 0 radical (unpaired) electrons. The van der Waals surface area contributed by atoms with Crippen molar-refractivity contribution in [3.8, 4) is 11.3 Å². The van der Waals surface area contributed by atoms with Gasteiger partial charge in [-0.25, -0.2) is 9.97 Å². The van der Waals surface area contributed by atoms with Gasteiger partial charge in [-0.15, -0.1) is 0 Å². The number of nitrogens with zero attached hydrogens (tertiary/aromatic N) is 4. The Balaban J connectivity index is 1.73. The molecule has 1 unspecified atom stereocenters. The molecule has 4 rings (SSSR count). The van der Waals surface area contributed by atoms with E-state index < -0.39 is 0 Å². The highest BCUT2D eigenvalue weighted by atomic mass is 35.5. The first-order valence-corrected chi connectivity index (χ1v) is 9.45. The first kappa shape index (κ1) is 18.3. The molecule has 3 aromatic heterocycles. The Hall–Kier alpha value is -3.06. The Morgan fingerprint density at radius 3 is 2.79 bits per heavy atom. The molecule has 0 bridgehead atoms. The van der Waals surface area contributed by atoms with Crippen molar-refractivity contribution in [1.29, 1.82) is 0 Å². The van der Waals surface area contributed by atoms with Crippen LogP contribution in [0.4, 0.5) is 0 Å². The molecule has 7 nitrogen and oxygen atoms in total. The Labute approximate surface area is 166 Å². The predicted octanol–water partition coefficient (Wildman–Crippen LogP) is 3.01. The topological polar surface area (TPSA) is 89.8 Å². The van der Waals surface area contributed by atoms with E-state index in [-0.39, 0.29) is 22.7 Å². The Morgan fingerprint density at radius 2 is 2.00 bits per heavy atom. The molecule has 1 aliphatic rings. The smallest absolute Gasteiger partial charge is 0.254 e. The summed E-state index contributed by atoms with van der Waals surface area (Å²) in [5, 5.41) is 3.12. The summed E-state index contributed by atoms with van der Waals surface area (Å²) >= 11 is 6.05. The minimum atomic E-state index is -0.388. The van der Waals surface area contributed by atoms with Crippen LogP contribution in [0.15, 0.2) is 53.7 Å². The van der Waals surface area contributed by atoms with Gasteiger partial charge in [-0.3, -0.25) is 19.1 Å². The number of rotatable bonds is 3. The second-order valence-corrected chi connectivity index (χ2v) is 6.95. The maximum atomic E-state index is 12.7. The van der Waals surface area contributed by atoms with Crippen LogP contribution < -0.4 is 10.9 Å². The standard InChI is InChI=1S/C20H18ClN5O2/c21-18-14(4-3-8-23-18)20(28)25-15-5-1-2-11-26-17(27)12-16(24-19(15)26)13-6-9-22-10-7-13/h3-4,6-10,12,15H,1-2,5,11H2,(H,25,28). The number of amides is 1. The van der Waals surface area contributed by atoms with Crippen molar-refractivity contribution in [3.05, 3.63) is 75.8 Å². The lowest BCUT2D eigenvalue weighted by atomic mass is 10.1. The van der Waals surface area contributed by atoms with E-state index in [0.717, 1.165) is 18.4 Å². The fourth-order valence-corrected chi connectivity index (χ4v) is 3.57. The summed E-state index contributed by atoms with van der Waals surface area (Å²) in [4.78, 5) is 38.2. The first-order chi connectivity index (χ1) is 13.6. The molecule has 1 atom stereocenters. The second-order valence-electron chi connectivity index (χ2n) is 6.59. The van der Waals surface area contributed by atoms with E-state index in [1.165, 1.54) is 12.3 Å². The molecule has 3 aromatic rings. The van der Waals surface area contributed by atoms with Crippen LogP contribution >= 0.6 is 11.6 Å². The third-order valence-corrected chi connectivity index (χ3v) is 5.06. The first-order valence-electron chi connectivity index (χ1n) is 9.07. The van der Waals surface area contributed by atoms with E-state index in [1.54, 1.807) is 41.2 Å². The molecular formula is C20H18ClN5O2. The number of pyridine rings is 2. The number of carbonyl (C=O) groups is 1. The Bertz CT molecular complexity index is 1070. The minimum absolute atomic E-state index is 0.127. The third-order valence-electron chi connectivity index (χ3n) is 4.76. The number of fused-ring (bicyclic) bond motifs is 1. The lowest BCUT2D eigenvalue weighted by Crippen LogP contribution is -2.34. The van der Waals surface area contributed by atoms with Crippen LogP contribution in [0.1, 0.15) is 41.5 Å². The lowest BCUT2D eigenvalue weighted by Gasteiger charge is -2.20. The van der Waals surface area contributed by atoms with Gasteiger partial charge in [0.1, 0.15) is 11.0 Å². The molecule has 0 spiro atoms. The van der Waals surface area contributed by atoms with Gasteiger partial charge in [0.2, 0.25) is 0 Å². The van der Waals surface area contributed by atoms with Crippen LogP contribution in [0.3, 0.4) is 0 Å². The highest BCUT2D eigenvalue weighted by molar-refractivity contribution is 6.32. The Kier molecular flexibility index (Phi) is 5.16. The van der Waals surface area contributed by atoms with Gasteiger partial charge in [-0.1, -0.05) is 11.6 Å². The molecule has 0 aliphatic carbocycles. The van der Waals surface area contributed by atoms with Gasteiger partial charge in [0, 0.05) is 36.8 Å². The van der Waals surface area contributed by atoms with Crippen LogP contribution in [0, 0.1) is 0 Å². The molecule has 142 valence electrons. The minimum Gasteiger partial charge on any atom is -0.342 e. The number of aromatic nitrogens is 4. The highest BCUT2D eigenvalue weighted by Crippen LogP contribution is 2.25. The summed E-state index contributed by atoms with van der Waals surface area (Å²) in [5.41, 5.74) is 1.55.